The van der Waals surface area contributed by atoms with Crippen LogP contribution in [0.5, 0.6) is 5.75 Å². The molecule has 0 fully saturated rings. The molecule has 4 heteroatoms. The largest absolute Gasteiger partial charge is 0.486 e. The van der Waals surface area contributed by atoms with Gasteiger partial charge in [0.25, 0.3) is 0 Å². The number of aryl methyl sites for hydroxylation is 2. The molecule has 17 heavy (non-hydrogen) atoms. The van der Waals surface area contributed by atoms with Gasteiger partial charge in [0, 0.05) is 18.1 Å². The summed E-state index contributed by atoms with van der Waals surface area (Å²) in [5.74, 6) is 0.942. The fourth-order valence-corrected chi connectivity index (χ4v) is 2.37. The van der Waals surface area contributed by atoms with Gasteiger partial charge in [-0.05, 0) is 30.5 Å². The summed E-state index contributed by atoms with van der Waals surface area (Å²) in [6, 6.07) is 4.15. The van der Waals surface area contributed by atoms with E-state index < -0.39 is 0 Å². The number of rotatable bonds is 4. The Labute approximate surface area is 105 Å². The van der Waals surface area contributed by atoms with Gasteiger partial charge in [-0.15, -0.1) is 11.3 Å². The van der Waals surface area contributed by atoms with Gasteiger partial charge >= 0.3 is 0 Å². The number of aromatic nitrogens is 1. The van der Waals surface area contributed by atoms with E-state index >= 15 is 0 Å². The molecule has 0 radical (unpaired) electrons. The Morgan fingerprint density at radius 1 is 1.29 bits per heavy atom. The molecule has 1 aromatic heterocycles. The van der Waals surface area contributed by atoms with Crippen LogP contribution in [0.15, 0.2) is 23.7 Å². The van der Waals surface area contributed by atoms with Crippen LogP contribution >= 0.6 is 11.3 Å². The molecule has 0 unspecified atom stereocenters. The van der Waals surface area contributed by atoms with Crippen molar-refractivity contribution in [2.45, 2.75) is 27.0 Å². The molecule has 2 rings (SSSR count). The molecule has 0 aliphatic heterocycles. The van der Waals surface area contributed by atoms with E-state index in [1.54, 1.807) is 17.5 Å². The molecular weight excluding hydrogens is 232 g/mol. The van der Waals surface area contributed by atoms with Gasteiger partial charge in [0.2, 0.25) is 0 Å². The van der Waals surface area contributed by atoms with Crippen molar-refractivity contribution < 1.29 is 4.74 Å². The van der Waals surface area contributed by atoms with Gasteiger partial charge in [0.1, 0.15) is 17.4 Å². The number of benzene rings is 1. The summed E-state index contributed by atoms with van der Waals surface area (Å²) in [4.78, 5) is 4.20. The van der Waals surface area contributed by atoms with Crippen molar-refractivity contribution in [2.75, 3.05) is 0 Å². The second-order valence-corrected chi connectivity index (χ2v) is 4.96. The third-order valence-corrected chi connectivity index (χ3v) is 3.33. The van der Waals surface area contributed by atoms with E-state index in [2.05, 4.69) is 17.1 Å². The third-order valence-electron chi connectivity index (χ3n) is 2.58. The zero-order valence-electron chi connectivity index (χ0n) is 10.1. The van der Waals surface area contributed by atoms with E-state index in [-0.39, 0.29) is 0 Å². The summed E-state index contributed by atoms with van der Waals surface area (Å²) in [6.07, 6.45) is 1.79. The fraction of sp³-hybridized carbons (Fsp3) is 0.308. The Balaban J connectivity index is 2.15. The lowest BCUT2D eigenvalue weighted by atomic mass is 10.1. The van der Waals surface area contributed by atoms with Crippen LogP contribution in [0, 0.1) is 13.8 Å². The first-order valence-corrected chi connectivity index (χ1v) is 6.40. The van der Waals surface area contributed by atoms with Crippen molar-refractivity contribution in [1.82, 2.24) is 4.98 Å². The van der Waals surface area contributed by atoms with Crippen LogP contribution < -0.4 is 10.5 Å². The van der Waals surface area contributed by atoms with E-state index in [1.165, 1.54) is 0 Å². The van der Waals surface area contributed by atoms with E-state index in [4.69, 9.17) is 10.5 Å². The summed E-state index contributed by atoms with van der Waals surface area (Å²) in [6.45, 7) is 5.18. The molecule has 2 aromatic rings. The standard InChI is InChI=1S/C13H16N2OS/c1-9-5-11(7-14)6-10(2)13(9)16-8-12-15-3-4-17-12/h3-6H,7-8,14H2,1-2H3. The molecule has 0 bridgehead atoms. The van der Waals surface area contributed by atoms with Crippen LogP contribution in [-0.2, 0) is 13.2 Å². The number of thiazole rings is 1. The van der Waals surface area contributed by atoms with Crippen LogP contribution in [0.4, 0.5) is 0 Å². The lowest BCUT2D eigenvalue weighted by Crippen LogP contribution is -2.02. The Kier molecular flexibility index (Phi) is 3.76. The first-order valence-electron chi connectivity index (χ1n) is 5.52. The first kappa shape index (κ1) is 12.1. The minimum Gasteiger partial charge on any atom is -0.486 e. The molecule has 0 atom stereocenters. The SMILES string of the molecule is Cc1cc(CN)cc(C)c1OCc1nccs1. The van der Waals surface area contributed by atoms with Crippen LogP contribution in [0.1, 0.15) is 21.7 Å². The highest BCUT2D eigenvalue weighted by atomic mass is 32.1. The first-order chi connectivity index (χ1) is 8.20. The van der Waals surface area contributed by atoms with Gasteiger partial charge in [-0.25, -0.2) is 4.98 Å². The molecule has 0 aliphatic carbocycles. The van der Waals surface area contributed by atoms with Crippen LogP contribution in [0.2, 0.25) is 0 Å². The molecule has 0 amide bonds. The molecule has 0 spiro atoms. The van der Waals surface area contributed by atoms with E-state index in [1.807, 2.05) is 19.2 Å². The van der Waals surface area contributed by atoms with Crippen LogP contribution in [0.3, 0.4) is 0 Å². The maximum atomic E-state index is 5.82. The second-order valence-electron chi connectivity index (χ2n) is 3.98. The maximum Gasteiger partial charge on any atom is 0.140 e. The fourth-order valence-electron chi connectivity index (χ4n) is 1.84. The molecule has 0 saturated carbocycles. The number of ether oxygens (including phenoxy) is 1. The molecule has 1 heterocycles. The van der Waals surface area contributed by atoms with Crippen molar-refractivity contribution in [3.05, 3.63) is 45.4 Å². The van der Waals surface area contributed by atoms with Gasteiger partial charge in [-0.1, -0.05) is 12.1 Å². The minimum atomic E-state index is 0.529. The Hall–Kier alpha value is -1.39. The molecular formula is C13H16N2OS. The van der Waals surface area contributed by atoms with E-state index in [0.717, 1.165) is 27.4 Å². The minimum absolute atomic E-state index is 0.529. The number of nitrogens with two attached hydrogens (primary N) is 1. The van der Waals surface area contributed by atoms with E-state index in [0.29, 0.717) is 13.2 Å². The zero-order valence-corrected chi connectivity index (χ0v) is 10.9. The number of nitrogens with zero attached hydrogens (tertiary/aromatic N) is 1. The summed E-state index contributed by atoms with van der Waals surface area (Å²) in [7, 11) is 0. The van der Waals surface area contributed by atoms with Crippen molar-refractivity contribution in [2.24, 2.45) is 5.73 Å². The summed E-state index contributed by atoms with van der Waals surface area (Å²) >= 11 is 1.61. The maximum absolute atomic E-state index is 5.82. The van der Waals surface area contributed by atoms with Gasteiger partial charge < -0.3 is 10.5 Å². The molecule has 2 N–H and O–H groups in total. The highest BCUT2D eigenvalue weighted by Gasteiger charge is 2.07. The molecule has 1 aromatic carbocycles. The Bertz CT molecular complexity index is 471. The second kappa shape index (κ2) is 5.29. The van der Waals surface area contributed by atoms with Crippen LogP contribution in [-0.4, -0.2) is 4.98 Å². The zero-order chi connectivity index (χ0) is 12.3. The quantitative estimate of drug-likeness (QED) is 0.905. The molecule has 0 saturated heterocycles. The average Bonchev–Trinajstić information content (AvgIpc) is 2.80. The molecule has 0 aliphatic rings. The van der Waals surface area contributed by atoms with Crippen molar-refractivity contribution in [1.29, 1.82) is 0 Å². The molecule has 90 valence electrons. The third kappa shape index (κ3) is 2.84. The predicted molar refractivity (Wildman–Crippen MR) is 70.3 cm³/mol. The van der Waals surface area contributed by atoms with Gasteiger partial charge in [-0.2, -0.15) is 0 Å². The average molecular weight is 248 g/mol. The highest BCUT2D eigenvalue weighted by molar-refractivity contribution is 7.09. The lowest BCUT2D eigenvalue weighted by Gasteiger charge is -2.12. The normalized spacial score (nSPS) is 10.5. The van der Waals surface area contributed by atoms with Crippen LogP contribution in [0.25, 0.3) is 0 Å². The molecule has 3 nitrogen and oxygen atoms in total. The number of hydrogen-bond acceptors (Lipinski definition) is 4. The number of hydrogen-bond donors (Lipinski definition) is 1. The van der Waals surface area contributed by atoms with E-state index in [9.17, 15) is 0 Å². The lowest BCUT2D eigenvalue weighted by molar-refractivity contribution is 0.301. The highest BCUT2D eigenvalue weighted by Crippen LogP contribution is 2.25. The van der Waals surface area contributed by atoms with Gasteiger partial charge in [0.05, 0.1) is 0 Å². The Morgan fingerprint density at radius 3 is 2.53 bits per heavy atom. The summed E-state index contributed by atoms with van der Waals surface area (Å²) < 4.78 is 5.82. The van der Waals surface area contributed by atoms with Gasteiger partial charge in [-0.3, -0.25) is 0 Å². The monoisotopic (exact) mass is 248 g/mol. The van der Waals surface area contributed by atoms with Crippen molar-refractivity contribution >= 4 is 11.3 Å². The summed E-state index contributed by atoms with van der Waals surface area (Å²) in [5.41, 5.74) is 9.03. The van der Waals surface area contributed by atoms with Crippen molar-refractivity contribution in [3.8, 4) is 5.75 Å². The summed E-state index contributed by atoms with van der Waals surface area (Å²) in [5, 5.41) is 2.95. The predicted octanol–water partition coefficient (Wildman–Crippen LogP) is 2.80. The topological polar surface area (TPSA) is 48.1 Å². The smallest absolute Gasteiger partial charge is 0.140 e. The van der Waals surface area contributed by atoms with Gasteiger partial charge in [0.15, 0.2) is 0 Å². The Morgan fingerprint density at radius 2 is 2.00 bits per heavy atom. The van der Waals surface area contributed by atoms with Crippen molar-refractivity contribution in [3.63, 3.8) is 0 Å².